The molecule has 11 nitrogen and oxygen atoms in total. The van der Waals surface area contributed by atoms with Crippen molar-refractivity contribution in [3.63, 3.8) is 0 Å². The molecule has 1 saturated carbocycles. The fourth-order valence-electron chi connectivity index (χ4n) is 5.00. The van der Waals surface area contributed by atoms with Gasteiger partial charge in [0, 0.05) is 41.6 Å². The Hall–Kier alpha value is -5.06. The van der Waals surface area contributed by atoms with Gasteiger partial charge < -0.3 is 15.4 Å². The molecule has 0 aliphatic heterocycles. The third kappa shape index (κ3) is 7.36. The average molecular weight is 606 g/mol. The molecule has 0 bridgehead atoms. The van der Waals surface area contributed by atoms with Crippen LogP contribution >= 0.6 is 0 Å². The molecule has 6 rings (SSSR count). The first-order chi connectivity index (χ1) is 21.6. The molecule has 2 amide bonds. The standard InChI is InChI=1S/C34H39N9O2/c1-21-16-31(41-32(38-21)37-18-23-10-11-23)45-15-14-24-12-13-28(27-9-7-6-8-26(24)27)39-33(44)40-30-17-29(34(3,4)5)42-43(30)25-19-35-22(2)36-20-25/h6-9,12-13,16-17,19-20,23H,10-11,14-15,18H2,1-5H3,(H,37,38,41)(H2,39,40,44). The summed E-state index contributed by atoms with van der Waals surface area (Å²) in [6, 6.07) is 15.3. The van der Waals surface area contributed by atoms with Gasteiger partial charge in [-0.05, 0) is 49.6 Å². The van der Waals surface area contributed by atoms with Crippen LogP contribution in [0.3, 0.4) is 0 Å². The number of nitrogens with one attached hydrogen (secondary N) is 3. The smallest absolute Gasteiger partial charge is 0.324 e. The van der Waals surface area contributed by atoms with Gasteiger partial charge in [-0.1, -0.05) is 51.1 Å². The Bertz CT molecular complexity index is 1820. The van der Waals surface area contributed by atoms with Gasteiger partial charge in [0.05, 0.1) is 30.4 Å². The van der Waals surface area contributed by atoms with Gasteiger partial charge in [-0.15, -0.1) is 0 Å². The summed E-state index contributed by atoms with van der Waals surface area (Å²) in [6.07, 6.45) is 6.59. The molecule has 1 aliphatic rings. The predicted octanol–water partition coefficient (Wildman–Crippen LogP) is 6.61. The van der Waals surface area contributed by atoms with E-state index in [1.165, 1.54) is 12.8 Å². The van der Waals surface area contributed by atoms with E-state index in [1.54, 1.807) is 17.1 Å². The Labute approximate surface area is 262 Å². The number of fused-ring (bicyclic) bond motifs is 1. The van der Waals surface area contributed by atoms with Crippen molar-refractivity contribution >= 4 is 34.3 Å². The summed E-state index contributed by atoms with van der Waals surface area (Å²) in [4.78, 5) is 31.0. The Balaban J connectivity index is 1.16. The van der Waals surface area contributed by atoms with Gasteiger partial charge in [0.1, 0.15) is 17.3 Å². The lowest BCUT2D eigenvalue weighted by Crippen LogP contribution is -2.21. The normalized spacial score (nSPS) is 13.1. The van der Waals surface area contributed by atoms with Crippen LogP contribution in [0.5, 0.6) is 5.88 Å². The molecule has 1 aliphatic carbocycles. The van der Waals surface area contributed by atoms with E-state index in [2.05, 4.69) is 62.7 Å². The van der Waals surface area contributed by atoms with E-state index in [1.807, 2.05) is 56.3 Å². The lowest BCUT2D eigenvalue weighted by Gasteiger charge is -2.14. The van der Waals surface area contributed by atoms with Crippen LogP contribution in [0.25, 0.3) is 16.5 Å². The summed E-state index contributed by atoms with van der Waals surface area (Å²) in [5.41, 5.74) is 3.95. The molecule has 0 unspecified atom stereocenters. The SMILES string of the molecule is Cc1cc(OCCc2ccc(NC(=O)Nc3cc(C(C)(C)C)nn3-c3cnc(C)nc3)c3ccccc23)nc(NCC2CC2)n1. The molecule has 5 aromatic rings. The Morgan fingerprint density at radius 3 is 2.47 bits per heavy atom. The van der Waals surface area contributed by atoms with Crippen molar-refractivity contribution in [3.05, 3.63) is 83.7 Å². The number of anilines is 3. The number of amides is 2. The number of rotatable bonds is 10. The molecule has 0 saturated heterocycles. The monoisotopic (exact) mass is 605 g/mol. The minimum absolute atomic E-state index is 0.221. The van der Waals surface area contributed by atoms with Gasteiger partial charge in [0.25, 0.3) is 0 Å². The fraction of sp³-hybridized carbons (Fsp3) is 0.353. The number of benzene rings is 2. The lowest BCUT2D eigenvalue weighted by atomic mass is 9.92. The number of carbonyl (C=O) groups is 1. The van der Waals surface area contributed by atoms with Gasteiger partial charge in [-0.25, -0.2) is 24.4 Å². The third-order valence-electron chi connectivity index (χ3n) is 7.69. The molecule has 3 N–H and O–H groups in total. The van der Waals surface area contributed by atoms with Crippen LogP contribution in [-0.2, 0) is 11.8 Å². The maximum Gasteiger partial charge on any atom is 0.324 e. The fourth-order valence-corrected chi connectivity index (χ4v) is 5.00. The molecule has 0 spiro atoms. The Morgan fingerprint density at radius 1 is 0.978 bits per heavy atom. The molecule has 11 heteroatoms. The Kier molecular flexibility index (Phi) is 8.34. The zero-order valence-electron chi connectivity index (χ0n) is 26.4. The van der Waals surface area contributed by atoms with Gasteiger partial charge >= 0.3 is 6.03 Å². The maximum atomic E-state index is 13.3. The van der Waals surface area contributed by atoms with Crippen molar-refractivity contribution in [2.75, 3.05) is 29.1 Å². The van der Waals surface area contributed by atoms with Crippen LogP contribution in [0.2, 0.25) is 0 Å². The van der Waals surface area contributed by atoms with Gasteiger partial charge in [0.2, 0.25) is 11.8 Å². The number of aryl methyl sites for hydroxylation is 2. The van der Waals surface area contributed by atoms with Crippen molar-refractivity contribution in [1.29, 1.82) is 0 Å². The second-order valence-electron chi connectivity index (χ2n) is 12.6. The topological polar surface area (TPSA) is 132 Å². The number of aromatic nitrogens is 6. The molecule has 0 radical (unpaired) electrons. The van der Waals surface area contributed by atoms with Crippen LogP contribution < -0.4 is 20.7 Å². The molecule has 232 valence electrons. The minimum Gasteiger partial charge on any atom is -0.477 e. The van der Waals surface area contributed by atoms with E-state index in [0.717, 1.165) is 40.2 Å². The number of urea groups is 1. The van der Waals surface area contributed by atoms with E-state index in [-0.39, 0.29) is 11.4 Å². The van der Waals surface area contributed by atoms with Crippen LogP contribution in [0.4, 0.5) is 22.2 Å². The summed E-state index contributed by atoms with van der Waals surface area (Å²) < 4.78 is 7.71. The van der Waals surface area contributed by atoms with E-state index < -0.39 is 0 Å². The molecular formula is C34H39N9O2. The maximum absolute atomic E-state index is 13.3. The van der Waals surface area contributed by atoms with Crippen molar-refractivity contribution in [2.45, 2.75) is 59.3 Å². The quantitative estimate of drug-likeness (QED) is 0.162. The van der Waals surface area contributed by atoms with E-state index in [4.69, 9.17) is 9.84 Å². The largest absolute Gasteiger partial charge is 0.477 e. The first-order valence-corrected chi connectivity index (χ1v) is 15.3. The average Bonchev–Trinajstić information content (AvgIpc) is 3.74. The minimum atomic E-state index is -0.379. The molecule has 1 fully saturated rings. The summed E-state index contributed by atoms with van der Waals surface area (Å²) in [5, 5.41) is 16.1. The number of carbonyl (C=O) groups excluding carboxylic acids is 1. The van der Waals surface area contributed by atoms with Crippen molar-refractivity contribution in [1.82, 2.24) is 29.7 Å². The highest BCUT2D eigenvalue weighted by Gasteiger charge is 2.23. The summed E-state index contributed by atoms with van der Waals surface area (Å²) in [5.74, 6) is 3.08. The predicted molar refractivity (Wildman–Crippen MR) is 176 cm³/mol. The highest BCUT2D eigenvalue weighted by atomic mass is 16.5. The number of nitrogens with zero attached hydrogens (tertiary/aromatic N) is 6. The molecular weight excluding hydrogens is 566 g/mol. The van der Waals surface area contributed by atoms with Crippen LogP contribution in [0.1, 0.15) is 56.4 Å². The van der Waals surface area contributed by atoms with Crippen LogP contribution in [0, 0.1) is 19.8 Å². The van der Waals surface area contributed by atoms with E-state index in [0.29, 0.717) is 47.9 Å². The van der Waals surface area contributed by atoms with Gasteiger partial charge in [-0.2, -0.15) is 10.1 Å². The zero-order chi connectivity index (χ0) is 31.6. The number of hydrogen-bond donors (Lipinski definition) is 3. The highest BCUT2D eigenvalue weighted by molar-refractivity contribution is 6.06. The van der Waals surface area contributed by atoms with E-state index in [9.17, 15) is 4.79 Å². The van der Waals surface area contributed by atoms with Crippen LogP contribution in [0.15, 0.2) is 60.9 Å². The third-order valence-corrected chi connectivity index (χ3v) is 7.69. The van der Waals surface area contributed by atoms with Crippen LogP contribution in [-0.4, -0.2) is 48.9 Å². The molecule has 3 aromatic heterocycles. The summed E-state index contributed by atoms with van der Waals surface area (Å²) in [7, 11) is 0. The lowest BCUT2D eigenvalue weighted by molar-refractivity contribution is 0.262. The van der Waals surface area contributed by atoms with E-state index >= 15 is 0 Å². The second-order valence-corrected chi connectivity index (χ2v) is 12.6. The first kappa shape index (κ1) is 30.0. The van der Waals surface area contributed by atoms with Gasteiger partial charge in [-0.3, -0.25) is 5.32 Å². The van der Waals surface area contributed by atoms with Crippen molar-refractivity contribution < 1.29 is 9.53 Å². The van der Waals surface area contributed by atoms with Crippen molar-refractivity contribution in [3.8, 4) is 11.6 Å². The number of hydrogen-bond acceptors (Lipinski definition) is 8. The molecule has 45 heavy (non-hydrogen) atoms. The summed E-state index contributed by atoms with van der Waals surface area (Å²) >= 11 is 0. The molecule has 0 atom stereocenters. The van der Waals surface area contributed by atoms with Crippen molar-refractivity contribution in [2.24, 2.45) is 5.92 Å². The first-order valence-electron chi connectivity index (χ1n) is 15.3. The highest BCUT2D eigenvalue weighted by Crippen LogP contribution is 2.30. The van der Waals surface area contributed by atoms with Gasteiger partial charge in [0.15, 0.2) is 0 Å². The Morgan fingerprint density at radius 2 is 1.73 bits per heavy atom. The number of ether oxygens (including phenoxy) is 1. The summed E-state index contributed by atoms with van der Waals surface area (Å²) in [6.45, 7) is 11.4. The molecule has 3 heterocycles. The zero-order valence-corrected chi connectivity index (χ0v) is 26.4. The molecule has 2 aromatic carbocycles. The second kappa shape index (κ2) is 12.5.